The van der Waals surface area contributed by atoms with E-state index in [2.05, 4.69) is 11.6 Å². The van der Waals surface area contributed by atoms with E-state index in [1.807, 2.05) is 34.6 Å². The molecule has 0 amide bonds. The van der Waals surface area contributed by atoms with E-state index in [0.29, 0.717) is 12.2 Å². The van der Waals surface area contributed by atoms with Crippen molar-refractivity contribution in [3.63, 3.8) is 0 Å². The maximum Gasteiger partial charge on any atom is 0.496 e. The molecule has 1 saturated heterocycles. The van der Waals surface area contributed by atoms with E-state index in [0.717, 1.165) is 23.9 Å². The third-order valence-electron chi connectivity index (χ3n) is 5.54. The molecule has 0 radical (unpaired) electrons. The van der Waals surface area contributed by atoms with Crippen molar-refractivity contribution in [3.8, 4) is 0 Å². The van der Waals surface area contributed by atoms with Gasteiger partial charge in [-0.2, -0.15) is 0 Å². The summed E-state index contributed by atoms with van der Waals surface area (Å²) in [4.78, 5) is 12.3. The minimum Gasteiger partial charge on any atom is -0.598 e. The van der Waals surface area contributed by atoms with Crippen molar-refractivity contribution in [2.24, 2.45) is 7.05 Å². The van der Waals surface area contributed by atoms with Crippen molar-refractivity contribution in [1.82, 2.24) is 9.29 Å². The number of hydrogen-bond donors (Lipinski definition) is 1. The molecule has 152 valence electrons. The molecule has 1 fully saturated rings. The molecule has 2 atom stereocenters. The summed E-state index contributed by atoms with van der Waals surface area (Å²) in [6, 6.07) is 1.41. The van der Waals surface area contributed by atoms with Gasteiger partial charge >= 0.3 is 7.12 Å². The van der Waals surface area contributed by atoms with Gasteiger partial charge in [0.25, 0.3) is 5.56 Å². The highest BCUT2D eigenvalue weighted by molar-refractivity contribution is 7.89. The Labute approximate surface area is 166 Å². The Morgan fingerprint density at radius 3 is 2.37 bits per heavy atom. The maximum absolute atomic E-state index is 12.4. The molecule has 2 heterocycles. The first-order valence-electron chi connectivity index (χ1n) is 9.73. The molecule has 1 N–H and O–H groups in total. The van der Waals surface area contributed by atoms with Crippen molar-refractivity contribution < 1.29 is 13.9 Å². The van der Waals surface area contributed by atoms with Gasteiger partial charge in [0.05, 0.1) is 17.2 Å². The van der Waals surface area contributed by atoms with Crippen LogP contribution in [0.4, 0.5) is 0 Å². The highest BCUT2D eigenvalue weighted by Gasteiger charge is 2.52. The number of rotatable bonds is 8. The molecule has 8 heteroatoms. The van der Waals surface area contributed by atoms with E-state index in [4.69, 9.17) is 9.31 Å². The van der Waals surface area contributed by atoms with Crippen LogP contribution in [0.2, 0.25) is 0 Å². The first-order chi connectivity index (χ1) is 12.5. The molecule has 1 aliphatic rings. The fraction of sp³-hybridized carbons (Fsp3) is 0.737. The molecular weight excluding hydrogens is 363 g/mol. The van der Waals surface area contributed by atoms with Crippen LogP contribution >= 0.6 is 0 Å². The molecule has 6 nitrogen and oxygen atoms in total. The normalized spacial score (nSPS) is 20.7. The van der Waals surface area contributed by atoms with Gasteiger partial charge in [-0.05, 0) is 46.1 Å². The molecule has 0 aliphatic carbocycles. The zero-order valence-electron chi connectivity index (χ0n) is 17.6. The van der Waals surface area contributed by atoms with Gasteiger partial charge in [0.1, 0.15) is 5.75 Å². The molecule has 1 aromatic rings. The molecule has 27 heavy (non-hydrogen) atoms. The second-order valence-electron chi connectivity index (χ2n) is 8.20. The van der Waals surface area contributed by atoms with Gasteiger partial charge in [-0.15, -0.1) is 4.72 Å². The Hall–Kier alpha value is -0.795. The number of aryl methyl sites for hydroxylation is 1. The highest BCUT2D eigenvalue weighted by atomic mass is 32.2. The average Bonchev–Trinajstić information content (AvgIpc) is 2.80. The van der Waals surface area contributed by atoms with Gasteiger partial charge in [-0.1, -0.05) is 20.3 Å². The largest absolute Gasteiger partial charge is 0.598 e. The standard InChI is InChI=1S/C19H33BN2O4S/c1-8-10-11-27(24)21-16(9-2)14-12-17(23)22(7)13-15(14)20-25-18(3,4)19(5,6)26-20/h12-13,16,21H,8-11H2,1-7H3/t16-,27?/m0/s1. The van der Waals surface area contributed by atoms with E-state index < -0.39 is 29.7 Å². The van der Waals surface area contributed by atoms with Crippen molar-refractivity contribution >= 4 is 23.9 Å². The molecule has 0 saturated carbocycles. The summed E-state index contributed by atoms with van der Waals surface area (Å²) in [5.74, 6) is 0.601. The van der Waals surface area contributed by atoms with Crippen LogP contribution in [-0.2, 0) is 27.7 Å². The monoisotopic (exact) mass is 396 g/mol. The van der Waals surface area contributed by atoms with Crippen LogP contribution in [0.1, 0.15) is 72.4 Å². The number of hydrogen-bond acceptors (Lipinski definition) is 5. The van der Waals surface area contributed by atoms with Gasteiger partial charge < -0.3 is 18.4 Å². The zero-order valence-corrected chi connectivity index (χ0v) is 18.4. The zero-order chi connectivity index (χ0) is 20.4. The van der Waals surface area contributed by atoms with Gasteiger partial charge in [-0.25, -0.2) is 0 Å². The third kappa shape index (κ3) is 4.98. The Kier molecular flexibility index (Phi) is 7.25. The molecule has 0 bridgehead atoms. The Bertz CT molecular complexity index is 691. The predicted octanol–water partition coefficient (Wildman–Crippen LogP) is 2.19. The highest BCUT2D eigenvalue weighted by Crippen LogP contribution is 2.37. The minimum atomic E-state index is -1.14. The predicted molar refractivity (Wildman–Crippen MR) is 111 cm³/mol. The van der Waals surface area contributed by atoms with Gasteiger partial charge in [0.2, 0.25) is 0 Å². The summed E-state index contributed by atoms with van der Waals surface area (Å²) in [5, 5.41) is 0. The minimum absolute atomic E-state index is 0.107. The molecule has 0 spiro atoms. The summed E-state index contributed by atoms with van der Waals surface area (Å²) in [5.41, 5.74) is 0.558. The number of pyridine rings is 1. The van der Waals surface area contributed by atoms with E-state index in [1.165, 1.54) is 4.57 Å². The van der Waals surface area contributed by atoms with Gasteiger partial charge in [0, 0.05) is 36.1 Å². The Morgan fingerprint density at radius 1 is 1.26 bits per heavy atom. The third-order valence-corrected chi connectivity index (χ3v) is 6.75. The maximum atomic E-state index is 12.4. The first kappa shape index (κ1) is 22.5. The van der Waals surface area contributed by atoms with E-state index >= 15 is 0 Å². The van der Waals surface area contributed by atoms with Crippen molar-refractivity contribution in [1.29, 1.82) is 0 Å². The number of nitrogens with one attached hydrogen (secondary N) is 1. The first-order valence-corrected chi connectivity index (χ1v) is 11.0. The summed E-state index contributed by atoms with van der Waals surface area (Å²) in [6.45, 7) is 12.1. The molecule has 1 unspecified atom stereocenters. The molecular formula is C19H33BN2O4S. The summed E-state index contributed by atoms with van der Waals surface area (Å²) in [6.07, 6.45) is 4.38. The summed E-state index contributed by atoms with van der Waals surface area (Å²) in [7, 11) is 1.14. The fourth-order valence-electron chi connectivity index (χ4n) is 2.99. The van der Waals surface area contributed by atoms with Crippen LogP contribution in [0.5, 0.6) is 0 Å². The topological polar surface area (TPSA) is 75.5 Å². The molecule has 1 aromatic heterocycles. The second kappa shape index (κ2) is 8.70. The van der Waals surface area contributed by atoms with E-state index in [9.17, 15) is 9.35 Å². The van der Waals surface area contributed by atoms with Crippen LogP contribution in [-0.4, -0.2) is 33.2 Å². The quantitative estimate of drug-likeness (QED) is 0.539. The lowest BCUT2D eigenvalue weighted by atomic mass is 9.75. The van der Waals surface area contributed by atoms with E-state index in [-0.39, 0.29) is 11.6 Å². The smallest absolute Gasteiger partial charge is 0.496 e. The second-order valence-corrected chi connectivity index (χ2v) is 9.54. The SMILES string of the molecule is CCCC[S+]([O-])N[C@@H](CC)c1cc(=O)n(C)cc1B1OC(C)(C)C(C)(C)O1. The Morgan fingerprint density at radius 2 is 1.85 bits per heavy atom. The number of unbranched alkanes of at least 4 members (excludes halogenated alkanes) is 1. The van der Waals surface area contributed by atoms with Crippen LogP contribution in [0.25, 0.3) is 0 Å². The number of nitrogens with zero attached hydrogens (tertiary/aromatic N) is 1. The molecule has 0 aromatic carbocycles. The molecule has 2 rings (SSSR count). The van der Waals surface area contributed by atoms with Crippen molar-refractivity contribution in [3.05, 3.63) is 28.2 Å². The van der Waals surface area contributed by atoms with Crippen molar-refractivity contribution in [2.75, 3.05) is 5.75 Å². The van der Waals surface area contributed by atoms with Crippen LogP contribution < -0.4 is 15.7 Å². The average molecular weight is 396 g/mol. The Balaban J connectivity index is 2.38. The van der Waals surface area contributed by atoms with E-state index in [1.54, 1.807) is 19.3 Å². The van der Waals surface area contributed by atoms with Gasteiger partial charge in [-0.3, -0.25) is 4.79 Å². The lowest BCUT2D eigenvalue weighted by Crippen LogP contribution is -2.43. The fourth-order valence-corrected chi connectivity index (χ4v) is 4.27. The van der Waals surface area contributed by atoms with Gasteiger partial charge in [0.15, 0.2) is 0 Å². The van der Waals surface area contributed by atoms with Crippen LogP contribution in [0.3, 0.4) is 0 Å². The summed E-state index contributed by atoms with van der Waals surface area (Å²) >= 11 is -1.14. The van der Waals surface area contributed by atoms with Crippen molar-refractivity contribution in [2.45, 2.75) is 78.0 Å². The lowest BCUT2D eigenvalue weighted by molar-refractivity contribution is 0.00578. The van der Waals surface area contributed by atoms with Crippen LogP contribution in [0.15, 0.2) is 17.1 Å². The summed E-state index contributed by atoms with van der Waals surface area (Å²) < 4.78 is 29.5. The molecule has 1 aliphatic heterocycles. The number of aromatic nitrogens is 1. The lowest BCUT2D eigenvalue weighted by Gasteiger charge is -2.32. The van der Waals surface area contributed by atoms with Crippen LogP contribution in [0, 0.1) is 0 Å².